The third-order valence-electron chi connectivity index (χ3n) is 6.99. The summed E-state index contributed by atoms with van der Waals surface area (Å²) in [7, 11) is 0. The van der Waals surface area contributed by atoms with Crippen molar-refractivity contribution < 1.29 is 32.2 Å². The van der Waals surface area contributed by atoms with Gasteiger partial charge in [-0.3, -0.25) is 9.59 Å². The molecule has 2 amide bonds. The van der Waals surface area contributed by atoms with Crippen LogP contribution >= 0.6 is 11.6 Å². The first-order valence-electron chi connectivity index (χ1n) is 12.3. The average Bonchev–Trinajstić information content (AvgIpc) is 3.04. The highest BCUT2D eigenvalue weighted by Crippen LogP contribution is 2.46. The number of anilines is 2. The molecule has 0 radical (unpaired) electrons. The van der Waals surface area contributed by atoms with Crippen molar-refractivity contribution in [3.8, 4) is 17.1 Å². The lowest BCUT2D eigenvalue weighted by molar-refractivity contribution is -0.137. The SMILES string of the molecule is C=CC(=O)N1CCN2C(=O)c3c(N4CCOCC4)nc(-c4nc(N)cc(C)c4C(F)(F)F)c(Cl)c3OCC2C1. The molecule has 1 unspecified atom stereocenters. The van der Waals surface area contributed by atoms with Gasteiger partial charge in [0, 0.05) is 32.7 Å². The minimum absolute atomic E-state index is 0.0408. The number of piperazine rings is 1. The van der Waals surface area contributed by atoms with Gasteiger partial charge >= 0.3 is 6.18 Å². The van der Waals surface area contributed by atoms with E-state index >= 15 is 0 Å². The number of carbonyl (C=O) groups is 2. The summed E-state index contributed by atoms with van der Waals surface area (Å²) in [6, 6.07) is 0.610. The van der Waals surface area contributed by atoms with E-state index in [1.54, 1.807) is 14.7 Å². The molecule has 2 fully saturated rings. The van der Waals surface area contributed by atoms with Gasteiger partial charge in [0.1, 0.15) is 40.2 Å². The first-order valence-corrected chi connectivity index (χ1v) is 12.6. The topological polar surface area (TPSA) is 114 Å². The maximum absolute atomic E-state index is 14.2. The van der Waals surface area contributed by atoms with Crippen molar-refractivity contribution in [1.82, 2.24) is 19.8 Å². The Bertz CT molecular complexity index is 1350. The van der Waals surface area contributed by atoms with Gasteiger partial charge in [0.25, 0.3) is 5.91 Å². The normalized spacial score (nSPS) is 19.7. The minimum Gasteiger partial charge on any atom is -0.489 e. The number of fused-ring (bicyclic) bond motifs is 2. The predicted octanol–water partition coefficient (Wildman–Crippen LogP) is 2.77. The molecule has 0 spiro atoms. The Morgan fingerprint density at radius 2 is 1.92 bits per heavy atom. The molecule has 3 aliphatic rings. The van der Waals surface area contributed by atoms with Crippen LogP contribution in [0.15, 0.2) is 18.7 Å². The molecule has 5 heterocycles. The van der Waals surface area contributed by atoms with E-state index in [1.165, 1.54) is 13.0 Å². The molecule has 0 aromatic carbocycles. The molecule has 14 heteroatoms. The summed E-state index contributed by atoms with van der Waals surface area (Å²) in [5.41, 5.74) is 3.87. The highest BCUT2D eigenvalue weighted by Gasteiger charge is 2.43. The van der Waals surface area contributed by atoms with Crippen LogP contribution < -0.4 is 15.4 Å². The fourth-order valence-corrected chi connectivity index (χ4v) is 5.44. The number of ether oxygens (including phenoxy) is 2. The van der Waals surface area contributed by atoms with E-state index in [2.05, 4.69) is 16.5 Å². The Hall–Kier alpha value is -3.58. The van der Waals surface area contributed by atoms with E-state index in [9.17, 15) is 22.8 Å². The van der Waals surface area contributed by atoms with Crippen LogP contribution in [0.2, 0.25) is 5.02 Å². The van der Waals surface area contributed by atoms with Crippen molar-refractivity contribution in [3.05, 3.63) is 40.4 Å². The summed E-state index contributed by atoms with van der Waals surface area (Å²) in [6.45, 7) is 6.81. The molecule has 2 aromatic heterocycles. The summed E-state index contributed by atoms with van der Waals surface area (Å²) in [4.78, 5) is 39.6. The number of rotatable bonds is 3. The number of nitrogens with zero attached hydrogens (tertiary/aromatic N) is 5. The summed E-state index contributed by atoms with van der Waals surface area (Å²) in [5, 5.41) is -0.280. The van der Waals surface area contributed by atoms with Gasteiger partial charge < -0.3 is 29.9 Å². The van der Waals surface area contributed by atoms with Gasteiger partial charge in [0.2, 0.25) is 5.91 Å². The molecule has 0 bridgehead atoms. The third kappa shape index (κ3) is 4.84. The summed E-state index contributed by atoms with van der Waals surface area (Å²) in [6.07, 6.45) is -3.58. The summed E-state index contributed by atoms with van der Waals surface area (Å²) >= 11 is 6.71. The molecule has 2 saturated heterocycles. The van der Waals surface area contributed by atoms with Gasteiger partial charge in [-0.1, -0.05) is 18.2 Å². The predicted molar refractivity (Wildman–Crippen MR) is 137 cm³/mol. The zero-order valence-electron chi connectivity index (χ0n) is 21.1. The van der Waals surface area contributed by atoms with Crippen molar-refractivity contribution in [2.45, 2.75) is 19.1 Å². The Labute approximate surface area is 227 Å². The fraction of sp³-hybridized carbons (Fsp3) is 0.440. The number of carbonyl (C=O) groups excluding carboxylic acids is 2. The Balaban J connectivity index is 1.70. The number of aromatic nitrogens is 2. The van der Waals surface area contributed by atoms with E-state index in [0.717, 1.165) is 6.07 Å². The van der Waals surface area contributed by atoms with Crippen LogP contribution in [-0.2, 0) is 15.7 Å². The summed E-state index contributed by atoms with van der Waals surface area (Å²) < 4.78 is 54.1. The number of hydrogen-bond acceptors (Lipinski definition) is 8. The Kier molecular flexibility index (Phi) is 7.06. The molecule has 2 aromatic rings. The average molecular weight is 567 g/mol. The smallest absolute Gasteiger partial charge is 0.418 e. The summed E-state index contributed by atoms with van der Waals surface area (Å²) in [5.74, 6) is -0.814. The number of halogens is 4. The van der Waals surface area contributed by atoms with Gasteiger partial charge in [0.05, 0.1) is 24.8 Å². The van der Waals surface area contributed by atoms with E-state index in [1.807, 2.05) is 0 Å². The second-order valence-electron chi connectivity index (χ2n) is 9.44. The first-order chi connectivity index (χ1) is 18.5. The highest BCUT2D eigenvalue weighted by molar-refractivity contribution is 6.35. The van der Waals surface area contributed by atoms with Crippen LogP contribution in [0.5, 0.6) is 5.75 Å². The number of hydrogen-bond donors (Lipinski definition) is 1. The van der Waals surface area contributed by atoms with Crippen LogP contribution in [0, 0.1) is 6.92 Å². The van der Waals surface area contributed by atoms with Crippen LogP contribution in [0.4, 0.5) is 24.8 Å². The molecule has 3 aliphatic heterocycles. The van der Waals surface area contributed by atoms with Crippen molar-refractivity contribution in [2.75, 3.05) is 63.2 Å². The highest BCUT2D eigenvalue weighted by atomic mass is 35.5. The van der Waals surface area contributed by atoms with Crippen molar-refractivity contribution in [3.63, 3.8) is 0 Å². The van der Waals surface area contributed by atoms with Gasteiger partial charge in [-0.25, -0.2) is 9.97 Å². The number of alkyl halides is 3. The van der Waals surface area contributed by atoms with E-state index in [0.29, 0.717) is 26.3 Å². The number of pyridine rings is 2. The maximum Gasteiger partial charge on any atom is 0.418 e. The lowest BCUT2D eigenvalue weighted by atomic mass is 10.0. The minimum atomic E-state index is -4.78. The second kappa shape index (κ2) is 10.2. The maximum atomic E-state index is 14.2. The number of nitrogens with two attached hydrogens (primary N) is 1. The lowest BCUT2D eigenvalue weighted by Gasteiger charge is -2.39. The van der Waals surface area contributed by atoms with Crippen LogP contribution in [0.1, 0.15) is 21.5 Å². The number of nitrogen functional groups attached to an aromatic ring is 1. The molecular formula is C25H26ClF3N6O4. The van der Waals surface area contributed by atoms with Gasteiger partial charge in [-0.15, -0.1) is 0 Å². The van der Waals surface area contributed by atoms with Crippen LogP contribution in [-0.4, -0.2) is 90.2 Å². The molecule has 208 valence electrons. The quantitative estimate of drug-likeness (QED) is 0.564. The molecule has 2 N–H and O–H groups in total. The van der Waals surface area contributed by atoms with E-state index < -0.39 is 29.4 Å². The van der Waals surface area contributed by atoms with Gasteiger partial charge in [-0.2, -0.15) is 13.2 Å². The zero-order valence-corrected chi connectivity index (χ0v) is 21.8. The van der Waals surface area contributed by atoms with Crippen molar-refractivity contribution >= 4 is 35.1 Å². The lowest BCUT2D eigenvalue weighted by Crippen LogP contribution is -2.57. The number of aryl methyl sites for hydroxylation is 1. The van der Waals surface area contributed by atoms with E-state index in [4.69, 9.17) is 26.8 Å². The largest absolute Gasteiger partial charge is 0.489 e. The fourth-order valence-electron chi connectivity index (χ4n) is 5.16. The van der Waals surface area contributed by atoms with Crippen LogP contribution in [0.3, 0.4) is 0 Å². The van der Waals surface area contributed by atoms with Crippen molar-refractivity contribution in [1.29, 1.82) is 0 Å². The molecule has 5 rings (SSSR count). The second-order valence-corrected chi connectivity index (χ2v) is 9.82. The Morgan fingerprint density at radius 1 is 1.21 bits per heavy atom. The molecule has 0 aliphatic carbocycles. The van der Waals surface area contributed by atoms with Gasteiger partial charge in [-0.05, 0) is 24.6 Å². The number of morpholine rings is 1. The standard InChI is InChI=1S/C25H26ClF3N6O4/c1-3-16(36)34-4-5-35-14(11-34)12-39-22-17(24(35)37)23(33-6-8-38-9-7-33)32-21(19(22)26)20-18(25(27,28)29)13(2)10-15(30)31-20/h3,10,14H,1,4-9,11-12H2,2H3,(H2,30,31). The molecule has 0 saturated carbocycles. The monoisotopic (exact) mass is 566 g/mol. The Morgan fingerprint density at radius 3 is 2.59 bits per heavy atom. The molecule has 39 heavy (non-hydrogen) atoms. The van der Waals surface area contributed by atoms with Gasteiger partial charge in [0.15, 0.2) is 5.75 Å². The first kappa shape index (κ1) is 27.0. The third-order valence-corrected chi connectivity index (χ3v) is 7.34. The van der Waals surface area contributed by atoms with Crippen LogP contribution in [0.25, 0.3) is 11.4 Å². The van der Waals surface area contributed by atoms with Crippen molar-refractivity contribution in [2.24, 2.45) is 0 Å². The number of amides is 2. The molecule has 1 atom stereocenters. The molecule has 10 nitrogen and oxygen atoms in total. The zero-order chi connectivity index (χ0) is 28.1. The van der Waals surface area contributed by atoms with E-state index in [-0.39, 0.29) is 71.4 Å². The molecular weight excluding hydrogens is 541 g/mol.